The SMILES string of the molecule is CN(C)C(=O)CC1=CC(O)=CCC1. The van der Waals surface area contributed by atoms with Gasteiger partial charge in [-0.1, -0.05) is 5.57 Å². The maximum atomic E-state index is 11.3. The van der Waals surface area contributed by atoms with Crippen molar-refractivity contribution >= 4 is 5.91 Å². The standard InChI is InChI=1S/C10H15NO2/c1-11(2)10(13)7-8-4-3-5-9(12)6-8/h5-6,12H,3-4,7H2,1-2H3. The Morgan fingerprint density at radius 2 is 2.31 bits per heavy atom. The number of carbonyl (C=O) groups is 1. The maximum Gasteiger partial charge on any atom is 0.226 e. The summed E-state index contributed by atoms with van der Waals surface area (Å²) in [6.45, 7) is 0. The van der Waals surface area contributed by atoms with Gasteiger partial charge in [0, 0.05) is 20.5 Å². The lowest BCUT2D eigenvalue weighted by atomic mass is 10.0. The summed E-state index contributed by atoms with van der Waals surface area (Å²) in [7, 11) is 3.48. The van der Waals surface area contributed by atoms with Crippen LogP contribution in [0.25, 0.3) is 0 Å². The van der Waals surface area contributed by atoms with Crippen LogP contribution in [-0.4, -0.2) is 30.0 Å². The van der Waals surface area contributed by atoms with E-state index in [1.165, 1.54) is 0 Å². The first kappa shape index (κ1) is 9.84. The third-order valence-corrected chi connectivity index (χ3v) is 2.05. The Morgan fingerprint density at radius 1 is 1.62 bits per heavy atom. The van der Waals surface area contributed by atoms with Gasteiger partial charge >= 0.3 is 0 Å². The minimum atomic E-state index is 0.0842. The van der Waals surface area contributed by atoms with E-state index in [0.29, 0.717) is 6.42 Å². The maximum absolute atomic E-state index is 11.3. The third-order valence-electron chi connectivity index (χ3n) is 2.05. The highest BCUT2D eigenvalue weighted by atomic mass is 16.3. The second-order valence-corrected chi connectivity index (χ2v) is 3.44. The number of nitrogens with zero attached hydrogens (tertiary/aromatic N) is 1. The summed E-state index contributed by atoms with van der Waals surface area (Å²) < 4.78 is 0. The van der Waals surface area contributed by atoms with E-state index >= 15 is 0 Å². The summed E-state index contributed by atoms with van der Waals surface area (Å²) in [4.78, 5) is 12.9. The van der Waals surface area contributed by atoms with Gasteiger partial charge in [0.25, 0.3) is 0 Å². The first-order valence-corrected chi connectivity index (χ1v) is 4.38. The largest absolute Gasteiger partial charge is 0.508 e. The van der Waals surface area contributed by atoms with Crippen LogP contribution in [0.1, 0.15) is 19.3 Å². The summed E-state index contributed by atoms with van der Waals surface area (Å²) in [5, 5.41) is 9.19. The molecule has 0 saturated carbocycles. The van der Waals surface area contributed by atoms with E-state index in [2.05, 4.69) is 0 Å². The highest BCUT2D eigenvalue weighted by Gasteiger charge is 2.10. The van der Waals surface area contributed by atoms with E-state index in [1.807, 2.05) is 0 Å². The van der Waals surface area contributed by atoms with E-state index in [9.17, 15) is 9.90 Å². The number of aliphatic hydroxyl groups excluding tert-OH is 1. The molecule has 13 heavy (non-hydrogen) atoms. The molecule has 0 heterocycles. The van der Waals surface area contributed by atoms with Crippen LogP contribution in [0.3, 0.4) is 0 Å². The molecule has 1 N–H and O–H groups in total. The molecule has 0 bridgehead atoms. The molecule has 0 aliphatic heterocycles. The van der Waals surface area contributed by atoms with Crippen LogP contribution in [0.5, 0.6) is 0 Å². The smallest absolute Gasteiger partial charge is 0.226 e. The van der Waals surface area contributed by atoms with E-state index in [0.717, 1.165) is 18.4 Å². The van der Waals surface area contributed by atoms with Crippen molar-refractivity contribution in [3.05, 3.63) is 23.5 Å². The first-order chi connectivity index (χ1) is 6.09. The molecule has 1 rings (SSSR count). The van der Waals surface area contributed by atoms with E-state index in [1.54, 1.807) is 31.1 Å². The number of amides is 1. The highest BCUT2D eigenvalue weighted by molar-refractivity contribution is 5.78. The van der Waals surface area contributed by atoms with Gasteiger partial charge in [-0.05, 0) is 25.0 Å². The Morgan fingerprint density at radius 3 is 2.85 bits per heavy atom. The third kappa shape index (κ3) is 2.93. The second kappa shape index (κ2) is 4.12. The van der Waals surface area contributed by atoms with Gasteiger partial charge in [-0.15, -0.1) is 0 Å². The molecule has 0 atom stereocenters. The molecule has 0 saturated heterocycles. The Kier molecular flexibility index (Phi) is 3.12. The number of hydrogen-bond acceptors (Lipinski definition) is 2. The van der Waals surface area contributed by atoms with Gasteiger partial charge < -0.3 is 10.0 Å². The van der Waals surface area contributed by atoms with Gasteiger partial charge in [0.1, 0.15) is 5.76 Å². The van der Waals surface area contributed by atoms with Crippen LogP contribution in [0.2, 0.25) is 0 Å². The fourth-order valence-corrected chi connectivity index (χ4v) is 1.24. The van der Waals surface area contributed by atoms with Crippen LogP contribution in [0, 0.1) is 0 Å². The van der Waals surface area contributed by atoms with Gasteiger partial charge in [0.05, 0.1) is 0 Å². The van der Waals surface area contributed by atoms with Crippen LogP contribution in [-0.2, 0) is 4.79 Å². The molecule has 0 unspecified atom stereocenters. The van der Waals surface area contributed by atoms with Crippen molar-refractivity contribution < 1.29 is 9.90 Å². The predicted molar refractivity (Wildman–Crippen MR) is 51.3 cm³/mol. The highest BCUT2D eigenvalue weighted by Crippen LogP contribution is 2.18. The Balaban J connectivity index is 2.55. The molecule has 0 radical (unpaired) electrons. The van der Waals surface area contributed by atoms with Gasteiger partial charge in [0.15, 0.2) is 0 Å². The summed E-state index contributed by atoms with van der Waals surface area (Å²) in [6.07, 6.45) is 5.58. The summed E-state index contributed by atoms with van der Waals surface area (Å²) in [5.41, 5.74) is 1.01. The summed E-state index contributed by atoms with van der Waals surface area (Å²) >= 11 is 0. The molecule has 0 aromatic heterocycles. The number of rotatable bonds is 2. The van der Waals surface area contributed by atoms with Crippen LogP contribution >= 0.6 is 0 Å². The van der Waals surface area contributed by atoms with Crippen molar-refractivity contribution in [2.45, 2.75) is 19.3 Å². The number of aliphatic hydroxyl groups is 1. The van der Waals surface area contributed by atoms with Crippen LogP contribution in [0.4, 0.5) is 0 Å². The zero-order chi connectivity index (χ0) is 9.84. The average Bonchev–Trinajstić information content (AvgIpc) is 2.04. The molecule has 72 valence electrons. The molecule has 0 fully saturated rings. The van der Waals surface area contributed by atoms with E-state index in [-0.39, 0.29) is 11.7 Å². The quantitative estimate of drug-likeness (QED) is 0.703. The number of hydrogen-bond donors (Lipinski definition) is 1. The van der Waals surface area contributed by atoms with Gasteiger partial charge in [-0.25, -0.2) is 0 Å². The molecule has 0 spiro atoms. The molecule has 1 aliphatic rings. The number of allylic oxidation sites excluding steroid dienone is 2. The topological polar surface area (TPSA) is 40.5 Å². The lowest BCUT2D eigenvalue weighted by molar-refractivity contribution is -0.127. The van der Waals surface area contributed by atoms with E-state index < -0.39 is 0 Å². The van der Waals surface area contributed by atoms with Crippen molar-refractivity contribution in [3.8, 4) is 0 Å². The minimum Gasteiger partial charge on any atom is -0.508 e. The van der Waals surface area contributed by atoms with Gasteiger partial charge in [-0.2, -0.15) is 0 Å². The second-order valence-electron chi connectivity index (χ2n) is 3.44. The summed E-state index contributed by atoms with van der Waals surface area (Å²) in [6, 6.07) is 0. The molecular formula is C10H15NO2. The fourth-order valence-electron chi connectivity index (χ4n) is 1.24. The first-order valence-electron chi connectivity index (χ1n) is 4.38. The Labute approximate surface area is 78.4 Å². The zero-order valence-electron chi connectivity index (χ0n) is 8.08. The van der Waals surface area contributed by atoms with Crippen LogP contribution < -0.4 is 0 Å². The molecule has 3 nitrogen and oxygen atoms in total. The minimum absolute atomic E-state index is 0.0842. The average molecular weight is 181 g/mol. The van der Waals surface area contributed by atoms with Crippen molar-refractivity contribution in [1.82, 2.24) is 4.90 Å². The summed E-state index contributed by atoms with van der Waals surface area (Å²) in [5.74, 6) is 0.369. The monoisotopic (exact) mass is 181 g/mol. The Bertz CT molecular complexity index is 264. The van der Waals surface area contributed by atoms with Gasteiger partial charge in [-0.3, -0.25) is 4.79 Å². The molecule has 0 aromatic carbocycles. The lowest BCUT2D eigenvalue weighted by Gasteiger charge is -2.14. The molecule has 1 amide bonds. The lowest BCUT2D eigenvalue weighted by Crippen LogP contribution is -2.22. The number of carbonyl (C=O) groups excluding carboxylic acids is 1. The molecule has 3 heteroatoms. The van der Waals surface area contributed by atoms with Gasteiger partial charge in [0.2, 0.25) is 5.91 Å². The van der Waals surface area contributed by atoms with Crippen molar-refractivity contribution in [2.75, 3.05) is 14.1 Å². The van der Waals surface area contributed by atoms with E-state index in [4.69, 9.17) is 0 Å². The fraction of sp³-hybridized carbons (Fsp3) is 0.500. The predicted octanol–water partition coefficient (Wildman–Crippen LogP) is 1.63. The normalized spacial score (nSPS) is 16.2. The van der Waals surface area contributed by atoms with Crippen molar-refractivity contribution in [1.29, 1.82) is 0 Å². The molecular weight excluding hydrogens is 166 g/mol. The molecule has 1 aliphatic carbocycles. The van der Waals surface area contributed by atoms with Crippen LogP contribution in [0.15, 0.2) is 23.5 Å². The zero-order valence-corrected chi connectivity index (χ0v) is 8.08. The van der Waals surface area contributed by atoms with Crippen molar-refractivity contribution in [2.24, 2.45) is 0 Å². The van der Waals surface area contributed by atoms with Crippen molar-refractivity contribution in [3.63, 3.8) is 0 Å². The Hall–Kier alpha value is -1.25. The molecule has 0 aromatic rings.